The first kappa shape index (κ1) is 14.7. The topological polar surface area (TPSA) is 22.0 Å². The van der Waals surface area contributed by atoms with Crippen molar-refractivity contribution < 1.29 is 4.79 Å². The summed E-state index contributed by atoms with van der Waals surface area (Å²) in [6, 6.07) is 22.8. The molecule has 0 radical (unpaired) electrons. The molecule has 0 amide bonds. The van der Waals surface area contributed by atoms with E-state index >= 15 is 0 Å². The first-order valence-corrected chi connectivity index (χ1v) is 8.39. The van der Waals surface area contributed by atoms with Crippen molar-refractivity contribution in [1.29, 1.82) is 0 Å². The van der Waals surface area contributed by atoms with Gasteiger partial charge >= 0.3 is 0 Å². The van der Waals surface area contributed by atoms with Gasteiger partial charge in [-0.3, -0.25) is 4.79 Å². The Balaban J connectivity index is 2.20. The van der Waals surface area contributed by atoms with Crippen LogP contribution >= 0.6 is 0 Å². The number of para-hydroxylation sites is 1. The van der Waals surface area contributed by atoms with Crippen LogP contribution in [0.5, 0.6) is 0 Å². The SMILES string of the molecule is CCCn1c2ccccc2c2cc(C=O)cc(-c3ccccc3)c21. The second-order valence-corrected chi connectivity index (χ2v) is 6.12. The highest BCUT2D eigenvalue weighted by Crippen LogP contribution is 2.37. The molecule has 118 valence electrons. The van der Waals surface area contributed by atoms with Crippen molar-refractivity contribution >= 4 is 28.1 Å². The lowest BCUT2D eigenvalue weighted by Gasteiger charge is -2.11. The largest absolute Gasteiger partial charge is 0.340 e. The molecule has 0 N–H and O–H groups in total. The smallest absolute Gasteiger partial charge is 0.150 e. The molecule has 0 fully saturated rings. The number of hydrogen-bond donors (Lipinski definition) is 0. The van der Waals surface area contributed by atoms with Gasteiger partial charge in [0.2, 0.25) is 0 Å². The molecule has 0 saturated heterocycles. The number of fused-ring (bicyclic) bond motifs is 3. The maximum absolute atomic E-state index is 11.5. The molecule has 4 aromatic rings. The lowest BCUT2D eigenvalue weighted by Crippen LogP contribution is -1.98. The lowest BCUT2D eigenvalue weighted by atomic mass is 9.99. The summed E-state index contributed by atoms with van der Waals surface area (Å²) in [6.45, 7) is 3.16. The number of aromatic nitrogens is 1. The van der Waals surface area contributed by atoms with Gasteiger partial charge in [-0.1, -0.05) is 55.5 Å². The van der Waals surface area contributed by atoms with Crippen LogP contribution < -0.4 is 0 Å². The van der Waals surface area contributed by atoms with Gasteiger partial charge in [-0.15, -0.1) is 0 Å². The molecule has 0 aliphatic heterocycles. The van der Waals surface area contributed by atoms with Gasteiger partial charge in [0.25, 0.3) is 0 Å². The molecule has 4 rings (SSSR count). The van der Waals surface area contributed by atoms with Gasteiger partial charge in [0, 0.05) is 34.0 Å². The van der Waals surface area contributed by atoms with Gasteiger partial charge in [-0.2, -0.15) is 0 Å². The monoisotopic (exact) mass is 313 g/mol. The fraction of sp³-hybridized carbons (Fsp3) is 0.136. The summed E-state index contributed by atoms with van der Waals surface area (Å²) < 4.78 is 2.39. The minimum absolute atomic E-state index is 0.723. The Morgan fingerprint density at radius 1 is 0.917 bits per heavy atom. The van der Waals surface area contributed by atoms with Crippen molar-refractivity contribution in [3.8, 4) is 11.1 Å². The molecule has 24 heavy (non-hydrogen) atoms. The Hall–Kier alpha value is -2.87. The summed E-state index contributed by atoms with van der Waals surface area (Å²) in [6.07, 6.45) is 2.01. The van der Waals surface area contributed by atoms with E-state index in [0.29, 0.717) is 0 Å². The number of aldehydes is 1. The molecule has 0 spiro atoms. The van der Waals surface area contributed by atoms with Crippen molar-refractivity contribution in [2.75, 3.05) is 0 Å². The second-order valence-electron chi connectivity index (χ2n) is 6.12. The molecule has 0 atom stereocenters. The van der Waals surface area contributed by atoms with Crippen LogP contribution in [0, 0.1) is 0 Å². The molecular weight excluding hydrogens is 294 g/mol. The molecule has 0 aliphatic rings. The van der Waals surface area contributed by atoms with E-state index in [4.69, 9.17) is 0 Å². The molecule has 2 heteroatoms. The van der Waals surface area contributed by atoms with Crippen molar-refractivity contribution in [3.63, 3.8) is 0 Å². The van der Waals surface area contributed by atoms with Crippen LogP contribution in [0.2, 0.25) is 0 Å². The number of hydrogen-bond acceptors (Lipinski definition) is 1. The fourth-order valence-electron chi connectivity index (χ4n) is 3.57. The summed E-state index contributed by atoms with van der Waals surface area (Å²) in [5.74, 6) is 0. The average molecular weight is 313 g/mol. The molecule has 1 heterocycles. The summed E-state index contributed by atoms with van der Waals surface area (Å²) in [7, 11) is 0. The van der Waals surface area contributed by atoms with Crippen LogP contribution in [0.25, 0.3) is 32.9 Å². The Labute approximate surface area is 141 Å². The van der Waals surface area contributed by atoms with Gasteiger partial charge in [-0.25, -0.2) is 0 Å². The van der Waals surface area contributed by atoms with E-state index in [1.54, 1.807) is 0 Å². The van der Waals surface area contributed by atoms with Gasteiger partial charge < -0.3 is 4.57 Å². The summed E-state index contributed by atoms with van der Waals surface area (Å²) in [4.78, 5) is 11.5. The Kier molecular flexibility index (Phi) is 3.66. The quantitative estimate of drug-likeness (QED) is 0.444. The third-order valence-electron chi connectivity index (χ3n) is 4.56. The zero-order valence-electron chi connectivity index (χ0n) is 13.7. The van der Waals surface area contributed by atoms with E-state index in [-0.39, 0.29) is 0 Å². The maximum Gasteiger partial charge on any atom is 0.150 e. The van der Waals surface area contributed by atoms with E-state index in [0.717, 1.165) is 41.3 Å². The molecule has 2 nitrogen and oxygen atoms in total. The van der Waals surface area contributed by atoms with Crippen LogP contribution in [0.15, 0.2) is 66.7 Å². The number of carbonyl (C=O) groups excluding carboxylic acids is 1. The van der Waals surface area contributed by atoms with Crippen LogP contribution in [-0.2, 0) is 6.54 Å². The molecule has 0 bridgehead atoms. The van der Waals surface area contributed by atoms with Crippen molar-refractivity contribution in [1.82, 2.24) is 4.57 Å². The lowest BCUT2D eigenvalue weighted by molar-refractivity contribution is 0.112. The van der Waals surface area contributed by atoms with Gasteiger partial charge in [0.15, 0.2) is 0 Å². The minimum Gasteiger partial charge on any atom is -0.340 e. The molecule has 0 aliphatic carbocycles. The van der Waals surface area contributed by atoms with Crippen molar-refractivity contribution in [2.45, 2.75) is 19.9 Å². The van der Waals surface area contributed by atoms with E-state index in [9.17, 15) is 4.79 Å². The normalized spacial score (nSPS) is 11.2. The zero-order chi connectivity index (χ0) is 16.5. The molecule has 0 saturated carbocycles. The second kappa shape index (κ2) is 5.97. The highest BCUT2D eigenvalue weighted by atomic mass is 16.1. The summed E-state index contributed by atoms with van der Waals surface area (Å²) in [5.41, 5.74) is 5.44. The van der Waals surface area contributed by atoms with Crippen molar-refractivity contribution in [3.05, 3.63) is 72.3 Å². The predicted octanol–water partition coefficient (Wildman–Crippen LogP) is 5.68. The number of rotatable bonds is 4. The minimum atomic E-state index is 0.723. The Morgan fingerprint density at radius 3 is 2.42 bits per heavy atom. The highest BCUT2D eigenvalue weighted by Gasteiger charge is 2.15. The number of nitrogens with zero attached hydrogens (tertiary/aromatic N) is 1. The predicted molar refractivity (Wildman–Crippen MR) is 101 cm³/mol. The van der Waals surface area contributed by atoms with Crippen molar-refractivity contribution in [2.24, 2.45) is 0 Å². The van der Waals surface area contributed by atoms with Crippen LogP contribution in [0.1, 0.15) is 23.7 Å². The van der Waals surface area contributed by atoms with Crippen LogP contribution in [0.3, 0.4) is 0 Å². The van der Waals surface area contributed by atoms with E-state index in [2.05, 4.69) is 47.9 Å². The number of benzene rings is 3. The molecule has 3 aromatic carbocycles. The number of carbonyl (C=O) groups is 1. The number of aryl methyl sites for hydroxylation is 1. The molecule has 1 aromatic heterocycles. The standard InChI is InChI=1S/C22H19NO/c1-2-12-23-21-11-7-6-10-18(21)20-14-16(15-24)13-19(22(20)23)17-8-4-3-5-9-17/h3-11,13-15H,2,12H2,1H3. The summed E-state index contributed by atoms with van der Waals surface area (Å²) >= 11 is 0. The van der Waals surface area contributed by atoms with Crippen LogP contribution in [0.4, 0.5) is 0 Å². The summed E-state index contributed by atoms with van der Waals surface area (Å²) in [5, 5.41) is 2.37. The third-order valence-corrected chi connectivity index (χ3v) is 4.56. The van der Waals surface area contributed by atoms with E-state index < -0.39 is 0 Å². The van der Waals surface area contributed by atoms with Gasteiger partial charge in [0.1, 0.15) is 6.29 Å². The Morgan fingerprint density at radius 2 is 1.67 bits per heavy atom. The third kappa shape index (κ3) is 2.23. The van der Waals surface area contributed by atoms with Gasteiger partial charge in [-0.05, 0) is 30.2 Å². The molecule has 0 unspecified atom stereocenters. The van der Waals surface area contributed by atoms with Crippen LogP contribution in [-0.4, -0.2) is 10.9 Å². The average Bonchev–Trinajstić information content (AvgIpc) is 2.96. The fourth-order valence-corrected chi connectivity index (χ4v) is 3.57. The first-order valence-electron chi connectivity index (χ1n) is 8.39. The van der Waals surface area contributed by atoms with E-state index in [1.807, 2.05) is 30.3 Å². The first-order chi connectivity index (χ1) is 11.8. The highest BCUT2D eigenvalue weighted by molar-refractivity contribution is 6.14. The van der Waals surface area contributed by atoms with E-state index in [1.165, 1.54) is 16.4 Å². The molecular formula is C22H19NO. The zero-order valence-corrected chi connectivity index (χ0v) is 13.7. The Bertz CT molecular complexity index is 1030. The maximum atomic E-state index is 11.5. The van der Waals surface area contributed by atoms with Gasteiger partial charge in [0.05, 0.1) is 5.52 Å².